The molecular weight excluding hydrogens is 340 g/mol. The summed E-state index contributed by atoms with van der Waals surface area (Å²) < 4.78 is 7.36. The number of carbonyl (C=O) groups excluding carboxylic acids is 1. The van der Waals surface area contributed by atoms with Crippen molar-refractivity contribution < 1.29 is 14.6 Å². The number of carbonyl (C=O) groups is 1. The minimum Gasteiger partial charge on any atom is -0.465 e. The van der Waals surface area contributed by atoms with E-state index in [1.165, 1.54) is 7.11 Å². The molecule has 3 rings (SSSR count). The predicted molar refractivity (Wildman–Crippen MR) is 108 cm³/mol. The first-order chi connectivity index (χ1) is 12.7. The minimum absolute atomic E-state index is 0.269. The molecule has 1 atom stereocenters. The second-order valence-corrected chi connectivity index (χ2v) is 8.51. The number of ether oxygens (including phenoxy) is 1. The topological polar surface area (TPSA) is 54.7 Å². The molecule has 5 nitrogen and oxygen atoms in total. The van der Waals surface area contributed by atoms with Crippen LogP contribution in [-0.4, -0.2) is 52.9 Å². The van der Waals surface area contributed by atoms with Crippen molar-refractivity contribution in [2.45, 2.75) is 52.2 Å². The molecule has 1 aromatic heterocycles. The second kappa shape index (κ2) is 7.64. The molecule has 2 aromatic rings. The van der Waals surface area contributed by atoms with Crippen molar-refractivity contribution in [1.82, 2.24) is 9.47 Å². The lowest BCUT2D eigenvalue weighted by Crippen LogP contribution is -2.43. The van der Waals surface area contributed by atoms with Crippen molar-refractivity contribution in [2.24, 2.45) is 5.92 Å². The van der Waals surface area contributed by atoms with Crippen LogP contribution in [0.25, 0.3) is 10.9 Å². The van der Waals surface area contributed by atoms with E-state index in [-0.39, 0.29) is 5.97 Å². The highest BCUT2D eigenvalue weighted by molar-refractivity contribution is 6.05. The summed E-state index contributed by atoms with van der Waals surface area (Å²) in [7, 11) is 1.44. The number of hydrogen-bond acceptors (Lipinski definition) is 4. The van der Waals surface area contributed by atoms with Gasteiger partial charge in [-0.3, -0.25) is 0 Å². The lowest BCUT2D eigenvalue weighted by atomic mass is 9.89. The van der Waals surface area contributed by atoms with Gasteiger partial charge in [-0.1, -0.05) is 18.2 Å². The van der Waals surface area contributed by atoms with Gasteiger partial charge in [0.2, 0.25) is 0 Å². The fourth-order valence-corrected chi connectivity index (χ4v) is 4.63. The number of aliphatic hydroxyl groups is 1. The number of esters is 1. The Balaban J connectivity index is 1.86. The zero-order valence-electron chi connectivity index (χ0n) is 17.2. The van der Waals surface area contributed by atoms with Crippen LogP contribution in [0.2, 0.25) is 0 Å². The predicted octanol–water partition coefficient (Wildman–Crippen LogP) is 3.78. The van der Waals surface area contributed by atoms with E-state index in [4.69, 9.17) is 4.74 Å². The number of rotatable bonds is 5. The van der Waals surface area contributed by atoms with Gasteiger partial charge in [-0.25, -0.2) is 4.79 Å². The molecule has 0 amide bonds. The van der Waals surface area contributed by atoms with E-state index in [0.29, 0.717) is 24.1 Å². The number of para-hydroxylation sites is 1. The Morgan fingerprint density at radius 3 is 2.52 bits per heavy atom. The van der Waals surface area contributed by atoms with Crippen LogP contribution in [0, 0.1) is 12.8 Å². The lowest BCUT2D eigenvalue weighted by molar-refractivity contribution is 0.0214. The molecule has 1 aliphatic heterocycles. The Hall–Kier alpha value is -1.85. The van der Waals surface area contributed by atoms with Gasteiger partial charge in [0.25, 0.3) is 0 Å². The molecule has 0 bridgehead atoms. The highest BCUT2D eigenvalue weighted by atomic mass is 16.5. The largest absolute Gasteiger partial charge is 0.465 e. The van der Waals surface area contributed by atoms with Crippen LogP contribution in [0.3, 0.4) is 0 Å². The third-order valence-corrected chi connectivity index (χ3v) is 5.88. The van der Waals surface area contributed by atoms with E-state index in [0.717, 1.165) is 42.5 Å². The van der Waals surface area contributed by atoms with Gasteiger partial charge in [0.1, 0.15) is 0 Å². The van der Waals surface area contributed by atoms with Crippen LogP contribution in [0.4, 0.5) is 0 Å². The third kappa shape index (κ3) is 4.04. The van der Waals surface area contributed by atoms with E-state index in [1.54, 1.807) is 0 Å². The summed E-state index contributed by atoms with van der Waals surface area (Å²) in [6, 6.07) is 8.40. The molecule has 1 fully saturated rings. The Morgan fingerprint density at radius 2 is 1.93 bits per heavy atom. The minimum atomic E-state index is -0.652. The highest BCUT2D eigenvalue weighted by Gasteiger charge is 2.30. The van der Waals surface area contributed by atoms with Crippen LogP contribution in [0.1, 0.15) is 55.7 Å². The first kappa shape index (κ1) is 19.9. The smallest absolute Gasteiger partial charge is 0.340 e. The quantitative estimate of drug-likeness (QED) is 0.812. The number of aromatic nitrogens is 1. The van der Waals surface area contributed by atoms with Crippen LogP contribution in [-0.2, 0) is 4.74 Å². The van der Waals surface area contributed by atoms with E-state index in [2.05, 4.69) is 22.5 Å². The summed E-state index contributed by atoms with van der Waals surface area (Å²) in [5.41, 5.74) is 2.11. The maximum Gasteiger partial charge on any atom is 0.340 e. The van der Waals surface area contributed by atoms with Crippen molar-refractivity contribution in [2.75, 3.05) is 26.7 Å². The van der Waals surface area contributed by atoms with Gasteiger partial charge in [0.15, 0.2) is 0 Å². The molecule has 0 radical (unpaired) electrons. The Bertz CT molecular complexity index is 811. The molecular formula is C22H32N2O3. The summed E-state index contributed by atoms with van der Waals surface area (Å²) in [6.07, 6.45) is 2.19. The van der Waals surface area contributed by atoms with Gasteiger partial charge in [-0.05, 0) is 65.6 Å². The number of methoxy groups -OCH3 is 1. The van der Waals surface area contributed by atoms with Gasteiger partial charge >= 0.3 is 5.97 Å². The molecule has 1 aromatic carbocycles. The summed E-state index contributed by atoms with van der Waals surface area (Å²) in [4.78, 5) is 14.7. The number of β-amino-alcohol motifs (C(OH)–C–C–N with tert-alkyl or cyclic N) is 1. The second-order valence-electron chi connectivity index (χ2n) is 8.51. The fourth-order valence-electron chi connectivity index (χ4n) is 4.63. The Morgan fingerprint density at radius 1 is 1.30 bits per heavy atom. The summed E-state index contributed by atoms with van der Waals surface area (Å²) >= 11 is 0. The number of piperidine rings is 1. The summed E-state index contributed by atoms with van der Waals surface area (Å²) in [5, 5.41) is 11.0. The molecule has 0 spiro atoms. The fraction of sp³-hybridized carbons (Fsp3) is 0.591. The van der Waals surface area contributed by atoms with E-state index in [9.17, 15) is 9.90 Å². The zero-order valence-corrected chi connectivity index (χ0v) is 17.2. The number of nitrogens with zero attached hydrogens (tertiary/aromatic N) is 2. The molecule has 27 heavy (non-hydrogen) atoms. The number of fused-ring (bicyclic) bond motifs is 1. The SMILES string of the molecule is COC(=O)c1c(C)n([C@H](C)C2CCN(CC(C)(C)O)CC2)c2ccccc12. The molecule has 0 saturated carbocycles. The summed E-state index contributed by atoms with van der Waals surface area (Å²) in [5.74, 6) is 0.276. The summed E-state index contributed by atoms with van der Waals surface area (Å²) in [6.45, 7) is 10.7. The Kier molecular flexibility index (Phi) is 5.63. The van der Waals surface area contributed by atoms with Crippen molar-refractivity contribution in [3.05, 3.63) is 35.5 Å². The monoisotopic (exact) mass is 372 g/mol. The van der Waals surface area contributed by atoms with Gasteiger partial charge in [0.05, 0.1) is 18.3 Å². The van der Waals surface area contributed by atoms with Crippen LogP contribution < -0.4 is 0 Å². The van der Waals surface area contributed by atoms with Crippen molar-refractivity contribution in [3.8, 4) is 0 Å². The molecule has 1 N–H and O–H groups in total. The lowest BCUT2D eigenvalue weighted by Gasteiger charge is -2.38. The van der Waals surface area contributed by atoms with Crippen molar-refractivity contribution in [1.29, 1.82) is 0 Å². The average molecular weight is 373 g/mol. The Labute approximate surface area is 161 Å². The molecule has 1 saturated heterocycles. The standard InChI is InChI=1S/C22H32N2O3/c1-15(17-10-12-23(13-11-17)14-22(3,4)26)24-16(2)20(21(25)27-5)18-8-6-7-9-19(18)24/h6-9,15,17,26H,10-14H2,1-5H3/t15-/m1/s1. The van der Waals surface area contributed by atoms with E-state index < -0.39 is 5.60 Å². The van der Waals surface area contributed by atoms with Gasteiger partial charge in [0, 0.05) is 29.2 Å². The normalized spacial score (nSPS) is 18.0. The molecule has 148 valence electrons. The maximum absolute atomic E-state index is 12.4. The van der Waals surface area contributed by atoms with Crippen molar-refractivity contribution in [3.63, 3.8) is 0 Å². The molecule has 0 unspecified atom stereocenters. The first-order valence-electron chi connectivity index (χ1n) is 9.85. The molecule has 5 heteroatoms. The van der Waals surface area contributed by atoms with Gasteiger partial charge < -0.3 is 19.3 Å². The van der Waals surface area contributed by atoms with Gasteiger partial charge in [-0.15, -0.1) is 0 Å². The average Bonchev–Trinajstić information content (AvgIpc) is 2.91. The zero-order chi connectivity index (χ0) is 19.8. The first-order valence-corrected chi connectivity index (χ1v) is 9.85. The van der Waals surface area contributed by atoms with Crippen LogP contribution in [0.15, 0.2) is 24.3 Å². The molecule has 0 aliphatic carbocycles. The van der Waals surface area contributed by atoms with Crippen molar-refractivity contribution >= 4 is 16.9 Å². The third-order valence-electron chi connectivity index (χ3n) is 5.88. The van der Waals surface area contributed by atoms with Crippen LogP contribution in [0.5, 0.6) is 0 Å². The number of likely N-dealkylation sites (tertiary alicyclic amines) is 1. The molecule has 1 aliphatic rings. The maximum atomic E-state index is 12.4. The molecule has 2 heterocycles. The van der Waals surface area contributed by atoms with E-state index in [1.807, 2.05) is 39.0 Å². The highest BCUT2D eigenvalue weighted by Crippen LogP contribution is 2.36. The van der Waals surface area contributed by atoms with E-state index >= 15 is 0 Å². The number of benzene rings is 1. The van der Waals surface area contributed by atoms with Crippen LogP contribution >= 0.6 is 0 Å². The van der Waals surface area contributed by atoms with Gasteiger partial charge in [-0.2, -0.15) is 0 Å². The number of hydrogen-bond donors (Lipinski definition) is 1.